The molecule has 10 heteroatoms. The van der Waals surface area contributed by atoms with Gasteiger partial charge in [-0.05, 0) is 5.56 Å². The Morgan fingerprint density at radius 3 is 2.31 bits per heavy atom. The Hall–Kier alpha value is -3.69. The van der Waals surface area contributed by atoms with Crippen molar-refractivity contribution >= 4 is 5.78 Å². The van der Waals surface area contributed by atoms with Crippen LogP contribution in [0.2, 0.25) is 0 Å². The van der Waals surface area contributed by atoms with E-state index in [2.05, 4.69) is 15.1 Å². The minimum Gasteiger partial charge on any atom is -0.493 e. The molecule has 0 unspecified atom stereocenters. The van der Waals surface area contributed by atoms with Gasteiger partial charge in [0.15, 0.2) is 23.2 Å². The largest absolute Gasteiger partial charge is 0.493 e. The average molecular weight is 404 g/mol. The highest BCUT2D eigenvalue weighted by atomic mass is 19.2. The summed E-state index contributed by atoms with van der Waals surface area (Å²) in [5.41, 5.74) is 0.975. The van der Waals surface area contributed by atoms with Crippen molar-refractivity contribution in [3.63, 3.8) is 0 Å². The molecule has 2 aromatic carbocycles. The quantitative estimate of drug-likeness (QED) is 0.407. The minimum atomic E-state index is -1.66. The van der Waals surface area contributed by atoms with E-state index in [9.17, 15) is 22.7 Å². The van der Waals surface area contributed by atoms with Crippen LogP contribution in [-0.4, -0.2) is 24.7 Å². The van der Waals surface area contributed by atoms with Gasteiger partial charge in [-0.3, -0.25) is 0 Å². The third-order valence-electron chi connectivity index (χ3n) is 4.03. The van der Waals surface area contributed by atoms with E-state index in [-0.39, 0.29) is 23.4 Å². The van der Waals surface area contributed by atoms with Gasteiger partial charge in [-0.25, -0.2) is 13.8 Å². The second kappa shape index (κ2) is 7.38. The Labute approximate surface area is 161 Å². The lowest BCUT2D eigenvalue weighted by molar-refractivity contribution is 0.257. The van der Waals surface area contributed by atoms with Crippen molar-refractivity contribution in [3.05, 3.63) is 82.8 Å². The van der Waals surface area contributed by atoms with Crippen LogP contribution < -0.4 is 4.74 Å². The summed E-state index contributed by atoms with van der Waals surface area (Å²) >= 11 is 0. The van der Waals surface area contributed by atoms with E-state index in [0.717, 1.165) is 16.1 Å². The van der Waals surface area contributed by atoms with Crippen molar-refractivity contribution in [2.45, 2.75) is 13.0 Å². The zero-order valence-electron chi connectivity index (χ0n) is 14.6. The highest BCUT2D eigenvalue weighted by molar-refractivity contribution is 5.35. The minimum absolute atomic E-state index is 0.0251. The molecular weight excluding hydrogens is 392 g/mol. The number of aromatic nitrogens is 4. The summed E-state index contributed by atoms with van der Waals surface area (Å²) < 4.78 is 59.8. The SMILES string of the molecule is Oc1cc(COc2c(F)c(F)cc(F)c2F)nc2nc(Cc3ccccc3)nn12. The Bertz CT molecular complexity index is 1170. The predicted molar refractivity (Wildman–Crippen MR) is 92.3 cm³/mol. The number of rotatable bonds is 5. The predicted octanol–water partition coefficient (Wildman–Crippen LogP) is 3.56. The first kappa shape index (κ1) is 18.7. The molecule has 0 aliphatic carbocycles. The van der Waals surface area contributed by atoms with Gasteiger partial charge in [-0.15, -0.1) is 5.10 Å². The molecule has 6 nitrogen and oxygen atoms in total. The molecule has 0 bridgehead atoms. The maximum atomic E-state index is 13.7. The van der Waals surface area contributed by atoms with Gasteiger partial charge in [-0.1, -0.05) is 30.3 Å². The zero-order chi connectivity index (χ0) is 20.5. The number of nitrogens with zero attached hydrogens (tertiary/aromatic N) is 4. The Kier molecular flexibility index (Phi) is 4.75. The fourth-order valence-electron chi connectivity index (χ4n) is 2.69. The number of benzene rings is 2. The van der Waals surface area contributed by atoms with Crippen molar-refractivity contribution < 1.29 is 27.4 Å². The molecule has 148 valence electrons. The van der Waals surface area contributed by atoms with E-state index in [1.807, 2.05) is 30.3 Å². The number of aromatic hydroxyl groups is 1. The molecule has 2 heterocycles. The monoisotopic (exact) mass is 404 g/mol. The van der Waals surface area contributed by atoms with E-state index in [1.54, 1.807) is 0 Å². The Morgan fingerprint density at radius 2 is 1.62 bits per heavy atom. The third-order valence-corrected chi connectivity index (χ3v) is 4.03. The van der Waals surface area contributed by atoms with Crippen molar-refractivity contribution in [2.24, 2.45) is 0 Å². The van der Waals surface area contributed by atoms with E-state index in [4.69, 9.17) is 4.74 Å². The van der Waals surface area contributed by atoms with E-state index in [1.165, 1.54) is 0 Å². The summed E-state index contributed by atoms with van der Waals surface area (Å²) in [4.78, 5) is 8.29. The molecule has 0 saturated carbocycles. The first-order chi connectivity index (χ1) is 13.9. The number of fused-ring (bicyclic) bond motifs is 1. The van der Waals surface area contributed by atoms with Crippen LogP contribution in [0.3, 0.4) is 0 Å². The molecule has 0 aliphatic rings. The molecule has 0 atom stereocenters. The number of ether oxygens (including phenoxy) is 1. The third kappa shape index (κ3) is 3.68. The van der Waals surface area contributed by atoms with Crippen molar-refractivity contribution in [1.82, 2.24) is 19.6 Å². The highest BCUT2D eigenvalue weighted by Gasteiger charge is 2.21. The van der Waals surface area contributed by atoms with Gasteiger partial charge in [0.1, 0.15) is 6.61 Å². The van der Waals surface area contributed by atoms with E-state index >= 15 is 0 Å². The van der Waals surface area contributed by atoms with Crippen LogP contribution in [0.5, 0.6) is 11.6 Å². The molecule has 0 amide bonds. The summed E-state index contributed by atoms with van der Waals surface area (Å²) in [7, 11) is 0. The van der Waals surface area contributed by atoms with Crippen LogP contribution >= 0.6 is 0 Å². The summed E-state index contributed by atoms with van der Waals surface area (Å²) in [5.74, 6) is -7.64. The second-order valence-electron chi connectivity index (χ2n) is 6.09. The average Bonchev–Trinajstić information content (AvgIpc) is 3.10. The fourth-order valence-corrected chi connectivity index (χ4v) is 2.69. The maximum absolute atomic E-state index is 13.7. The maximum Gasteiger partial charge on any atom is 0.256 e. The second-order valence-corrected chi connectivity index (χ2v) is 6.09. The number of hydrogen-bond donors (Lipinski definition) is 1. The van der Waals surface area contributed by atoms with Crippen molar-refractivity contribution in [2.75, 3.05) is 0 Å². The summed E-state index contributed by atoms with van der Waals surface area (Å²) in [6.45, 7) is -0.568. The summed E-state index contributed by atoms with van der Waals surface area (Å²) in [5, 5.41) is 14.3. The van der Waals surface area contributed by atoms with Gasteiger partial charge in [0.25, 0.3) is 5.78 Å². The molecular formula is C19H12F4N4O2. The molecule has 0 aliphatic heterocycles. The molecule has 29 heavy (non-hydrogen) atoms. The Balaban J connectivity index is 1.59. The van der Waals surface area contributed by atoms with Gasteiger partial charge in [0, 0.05) is 18.6 Å². The molecule has 1 N–H and O–H groups in total. The van der Waals surface area contributed by atoms with Crippen LogP contribution in [0.4, 0.5) is 17.6 Å². The van der Waals surface area contributed by atoms with Crippen molar-refractivity contribution in [1.29, 1.82) is 0 Å². The molecule has 0 radical (unpaired) electrons. The first-order valence-corrected chi connectivity index (χ1v) is 8.36. The van der Waals surface area contributed by atoms with Crippen LogP contribution in [0.25, 0.3) is 5.78 Å². The van der Waals surface area contributed by atoms with E-state index < -0.39 is 35.6 Å². The van der Waals surface area contributed by atoms with Gasteiger partial charge < -0.3 is 9.84 Å². The van der Waals surface area contributed by atoms with Crippen molar-refractivity contribution in [3.8, 4) is 11.6 Å². The highest BCUT2D eigenvalue weighted by Crippen LogP contribution is 2.27. The smallest absolute Gasteiger partial charge is 0.256 e. The first-order valence-electron chi connectivity index (χ1n) is 8.36. The fraction of sp³-hybridized carbons (Fsp3) is 0.105. The van der Waals surface area contributed by atoms with Gasteiger partial charge in [0.05, 0.1) is 5.69 Å². The van der Waals surface area contributed by atoms with Crippen LogP contribution in [0, 0.1) is 23.3 Å². The number of hydrogen-bond acceptors (Lipinski definition) is 5. The number of halogens is 4. The van der Waals surface area contributed by atoms with E-state index in [0.29, 0.717) is 12.2 Å². The molecule has 4 aromatic rings. The summed E-state index contributed by atoms with van der Waals surface area (Å²) in [6, 6.07) is 10.6. The van der Waals surface area contributed by atoms with Crippen LogP contribution in [-0.2, 0) is 13.0 Å². The molecule has 0 spiro atoms. The summed E-state index contributed by atoms with van der Waals surface area (Å²) in [6.07, 6.45) is 0.397. The molecule has 0 fully saturated rings. The molecule has 4 rings (SSSR count). The van der Waals surface area contributed by atoms with Gasteiger partial charge >= 0.3 is 0 Å². The van der Waals surface area contributed by atoms with Crippen LogP contribution in [0.1, 0.15) is 17.1 Å². The lowest BCUT2D eigenvalue weighted by atomic mass is 10.1. The lowest BCUT2D eigenvalue weighted by Crippen LogP contribution is -2.06. The van der Waals surface area contributed by atoms with Crippen LogP contribution in [0.15, 0.2) is 42.5 Å². The standard InChI is InChI=1S/C19H12F4N4O2/c20-12-8-13(21)17(23)18(16(12)22)29-9-11-7-15(28)27-19(24-11)25-14(26-27)6-10-4-2-1-3-5-10/h1-5,7-8,28H,6,9H2. The normalized spacial score (nSPS) is 11.2. The van der Waals surface area contributed by atoms with Gasteiger partial charge in [0.2, 0.25) is 17.5 Å². The lowest BCUT2D eigenvalue weighted by Gasteiger charge is -2.09. The van der Waals surface area contributed by atoms with Gasteiger partial charge in [-0.2, -0.15) is 18.3 Å². The molecule has 0 saturated heterocycles. The topological polar surface area (TPSA) is 72.5 Å². The Morgan fingerprint density at radius 1 is 0.931 bits per heavy atom. The molecule has 2 aromatic heterocycles. The zero-order valence-corrected chi connectivity index (χ0v) is 14.6.